The molecule has 1 atom stereocenters. The fraction of sp³-hybridized carbons (Fsp3) is 0.538. The van der Waals surface area contributed by atoms with Gasteiger partial charge in [-0.05, 0) is 37.1 Å². The van der Waals surface area contributed by atoms with Crippen molar-refractivity contribution in [3.63, 3.8) is 0 Å². The van der Waals surface area contributed by atoms with Crippen molar-refractivity contribution in [1.29, 1.82) is 0 Å². The average molecular weight is 239 g/mol. The van der Waals surface area contributed by atoms with Crippen molar-refractivity contribution in [2.75, 3.05) is 26.8 Å². The van der Waals surface area contributed by atoms with Crippen LogP contribution in [0, 0.1) is 0 Å². The molecule has 96 valence electrons. The number of ether oxygens (including phenoxy) is 1. The lowest BCUT2D eigenvalue weighted by Gasteiger charge is -2.12. The van der Waals surface area contributed by atoms with Crippen LogP contribution >= 0.6 is 0 Å². The second kappa shape index (κ2) is 8.06. The van der Waals surface area contributed by atoms with Gasteiger partial charge in [0, 0.05) is 13.2 Å². The summed E-state index contributed by atoms with van der Waals surface area (Å²) < 4.78 is 5.05. The lowest BCUT2D eigenvalue weighted by molar-refractivity contribution is 0.174. The monoisotopic (exact) mass is 239 g/mol. The number of methoxy groups -OCH3 is 1. The Hall–Kier alpha value is -1.10. The molecule has 3 N–H and O–H groups in total. The van der Waals surface area contributed by atoms with Gasteiger partial charge in [-0.3, -0.25) is 0 Å². The van der Waals surface area contributed by atoms with Crippen LogP contribution in [0.25, 0.3) is 0 Å². The highest BCUT2D eigenvalue weighted by Crippen LogP contribution is 2.16. The predicted molar refractivity (Wildman–Crippen MR) is 67.1 cm³/mol. The van der Waals surface area contributed by atoms with E-state index >= 15 is 0 Å². The molecule has 0 aliphatic heterocycles. The first-order valence-electron chi connectivity index (χ1n) is 5.91. The molecule has 1 aromatic carbocycles. The maximum Gasteiger partial charge on any atom is 0.118 e. The Morgan fingerprint density at radius 3 is 2.53 bits per heavy atom. The third-order valence-corrected chi connectivity index (χ3v) is 2.60. The van der Waals surface area contributed by atoms with Crippen molar-refractivity contribution in [3.8, 4) is 5.75 Å². The highest BCUT2D eigenvalue weighted by atomic mass is 16.5. The number of hydrogen-bond donors (Lipinski definition) is 3. The number of benzene rings is 1. The van der Waals surface area contributed by atoms with E-state index in [0.717, 1.165) is 30.7 Å². The smallest absolute Gasteiger partial charge is 0.118 e. The van der Waals surface area contributed by atoms with E-state index in [2.05, 4.69) is 5.32 Å². The van der Waals surface area contributed by atoms with Crippen LogP contribution in [0.5, 0.6) is 5.75 Å². The number of aliphatic hydroxyl groups is 2. The molecule has 0 radical (unpaired) electrons. The summed E-state index contributed by atoms with van der Waals surface area (Å²) in [5.74, 6) is 0.789. The molecule has 4 heteroatoms. The Bertz CT molecular complexity index is 300. The van der Waals surface area contributed by atoms with Crippen LogP contribution in [0.15, 0.2) is 24.3 Å². The molecule has 0 spiro atoms. The van der Waals surface area contributed by atoms with Crippen molar-refractivity contribution in [3.05, 3.63) is 29.8 Å². The van der Waals surface area contributed by atoms with Crippen LogP contribution in [0.2, 0.25) is 0 Å². The molecule has 0 aliphatic carbocycles. The van der Waals surface area contributed by atoms with Crippen molar-refractivity contribution in [1.82, 2.24) is 5.32 Å². The van der Waals surface area contributed by atoms with Crippen molar-refractivity contribution in [2.45, 2.75) is 18.9 Å². The van der Waals surface area contributed by atoms with Gasteiger partial charge in [-0.15, -0.1) is 0 Å². The Balaban J connectivity index is 2.28. The maximum atomic E-state index is 9.89. The highest BCUT2D eigenvalue weighted by Gasteiger charge is 2.06. The van der Waals surface area contributed by atoms with Gasteiger partial charge in [0.05, 0.1) is 13.2 Å². The topological polar surface area (TPSA) is 61.7 Å². The Kier molecular flexibility index (Phi) is 6.62. The number of rotatable bonds is 8. The van der Waals surface area contributed by atoms with E-state index in [9.17, 15) is 5.11 Å². The zero-order valence-electron chi connectivity index (χ0n) is 10.2. The van der Waals surface area contributed by atoms with Crippen LogP contribution in [-0.4, -0.2) is 37.0 Å². The van der Waals surface area contributed by atoms with Crippen LogP contribution in [-0.2, 0) is 0 Å². The van der Waals surface area contributed by atoms with Gasteiger partial charge in [-0.2, -0.15) is 0 Å². The minimum Gasteiger partial charge on any atom is -0.497 e. The number of hydrogen-bond acceptors (Lipinski definition) is 4. The van der Waals surface area contributed by atoms with Gasteiger partial charge in [0.15, 0.2) is 0 Å². The van der Waals surface area contributed by atoms with Gasteiger partial charge in [-0.25, -0.2) is 0 Å². The summed E-state index contributed by atoms with van der Waals surface area (Å²) in [5, 5.41) is 21.7. The summed E-state index contributed by atoms with van der Waals surface area (Å²) in [6.07, 6.45) is 1.22. The first kappa shape index (κ1) is 14.0. The number of nitrogens with one attached hydrogen (secondary N) is 1. The molecule has 4 nitrogen and oxygen atoms in total. The molecule has 0 saturated heterocycles. The van der Waals surface area contributed by atoms with Crippen LogP contribution < -0.4 is 10.1 Å². The van der Waals surface area contributed by atoms with E-state index in [1.165, 1.54) is 0 Å². The van der Waals surface area contributed by atoms with Crippen molar-refractivity contribution in [2.24, 2.45) is 0 Å². The lowest BCUT2D eigenvalue weighted by Crippen LogP contribution is -2.22. The largest absolute Gasteiger partial charge is 0.497 e. The molecule has 0 fully saturated rings. The van der Waals surface area contributed by atoms with E-state index in [0.29, 0.717) is 6.54 Å². The molecule has 0 bridgehead atoms. The molecule has 0 saturated carbocycles. The quantitative estimate of drug-likeness (QED) is 0.594. The molecule has 1 rings (SSSR count). The summed E-state index contributed by atoms with van der Waals surface area (Å²) >= 11 is 0. The lowest BCUT2D eigenvalue weighted by atomic mass is 10.1. The maximum absolute atomic E-state index is 9.89. The molecule has 0 heterocycles. The fourth-order valence-corrected chi connectivity index (χ4v) is 1.54. The van der Waals surface area contributed by atoms with Crippen molar-refractivity contribution < 1.29 is 14.9 Å². The van der Waals surface area contributed by atoms with Crippen molar-refractivity contribution >= 4 is 0 Å². The molecular weight excluding hydrogens is 218 g/mol. The zero-order chi connectivity index (χ0) is 12.5. The summed E-state index contributed by atoms with van der Waals surface area (Å²) in [5.41, 5.74) is 0.875. The Morgan fingerprint density at radius 1 is 1.24 bits per heavy atom. The van der Waals surface area contributed by atoms with Crippen LogP contribution in [0.4, 0.5) is 0 Å². The molecule has 1 aromatic rings. The number of aliphatic hydroxyl groups excluding tert-OH is 2. The summed E-state index contributed by atoms with van der Waals surface area (Å²) in [4.78, 5) is 0. The van der Waals surface area contributed by atoms with E-state index in [-0.39, 0.29) is 6.61 Å². The van der Waals surface area contributed by atoms with Gasteiger partial charge < -0.3 is 20.3 Å². The SMILES string of the molecule is COc1ccc(C(O)CNCCCCO)cc1. The minimum atomic E-state index is -0.505. The van der Waals surface area contributed by atoms with E-state index in [1.807, 2.05) is 24.3 Å². The highest BCUT2D eigenvalue weighted by molar-refractivity contribution is 5.28. The van der Waals surface area contributed by atoms with Crippen LogP contribution in [0.1, 0.15) is 24.5 Å². The third-order valence-electron chi connectivity index (χ3n) is 2.60. The summed E-state index contributed by atoms with van der Waals surface area (Å²) in [7, 11) is 1.62. The molecule has 0 aliphatic rings. The molecular formula is C13H21NO3. The predicted octanol–water partition coefficient (Wildman–Crippen LogP) is 1.09. The second-order valence-corrected chi connectivity index (χ2v) is 3.92. The summed E-state index contributed by atoms with van der Waals surface area (Å²) in [6, 6.07) is 7.40. The number of unbranched alkanes of at least 4 members (excludes halogenated alkanes) is 1. The molecule has 0 aromatic heterocycles. The van der Waals surface area contributed by atoms with Gasteiger partial charge in [0.2, 0.25) is 0 Å². The minimum absolute atomic E-state index is 0.225. The molecule has 1 unspecified atom stereocenters. The Labute approximate surface area is 102 Å². The van der Waals surface area contributed by atoms with Crippen LogP contribution in [0.3, 0.4) is 0 Å². The van der Waals surface area contributed by atoms with Gasteiger partial charge in [-0.1, -0.05) is 12.1 Å². The molecule has 17 heavy (non-hydrogen) atoms. The average Bonchev–Trinajstić information content (AvgIpc) is 2.38. The zero-order valence-corrected chi connectivity index (χ0v) is 10.2. The standard InChI is InChI=1S/C13H21NO3/c1-17-12-6-4-11(5-7-12)13(16)10-14-8-2-3-9-15/h4-7,13-16H,2-3,8-10H2,1H3. The van der Waals surface area contributed by atoms with E-state index < -0.39 is 6.10 Å². The Morgan fingerprint density at radius 2 is 1.94 bits per heavy atom. The first-order chi connectivity index (χ1) is 8.27. The van der Waals surface area contributed by atoms with Gasteiger partial charge in [0.1, 0.15) is 5.75 Å². The van der Waals surface area contributed by atoms with Gasteiger partial charge in [0.25, 0.3) is 0 Å². The first-order valence-corrected chi connectivity index (χ1v) is 5.91. The fourth-order valence-electron chi connectivity index (χ4n) is 1.54. The van der Waals surface area contributed by atoms with Gasteiger partial charge >= 0.3 is 0 Å². The molecule has 0 amide bonds. The second-order valence-electron chi connectivity index (χ2n) is 3.92. The third kappa shape index (κ3) is 5.17. The normalized spacial score (nSPS) is 12.4. The van der Waals surface area contributed by atoms with E-state index in [1.54, 1.807) is 7.11 Å². The summed E-state index contributed by atoms with van der Waals surface area (Å²) in [6.45, 7) is 1.56. The van der Waals surface area contributed by atoms with E-state index in [4.69, 9.17) is 9.84 Å².